The molecule has 0 aromatic heterocycles. The molecule has 0 fully saturated rings. The molecule has 0 amide bonds. The molecule has 0 saturated heterocycles. The molecular formula is C20H27O4P. The minimum Gasteiger partial charge on any atom is -0.395 e. The van der Waals surface area contributed by atoms with Gasteiger partial charge in [-0.2, -0.15) is 0 Å². The van der Waals surface area contributed by atoms with Crippen LogP contribution in [0.2, 0.25) is 0 Å². The molecule has 5 heteroatoms. The number of phosphoric acid groups is 1. The first kappa shape index (κ1) is 19.6. The summed E-state index contributed by atoms with van der Waals surface area (Å²) >= 11 is 0. The third-order valence-corrected chi connectivity index (χ3v) is 4.94. The average Bonchev–Trinajstić information content (AvgIpc) is 2.59. The summed E-state index contributed by atoms with van der Waals surface area (Å²) in [6.45, 7) is 4.26. The van der Waals surface area contributed by atoms with Gasteiger partial charge in [0.1, 0.15) is 11.5 Å². The van der Waals surface area contributed by atoms with Crippen molar-refractivity contribution in [1.29, 1.82) is 0 Å². The van der Waals surface area contributed by atoms with Crippen molar-refractivity contribution in [1.82, 2.24) is 0 Å². The zero-order valence-corrected chi connectivity index (χ0v) is 15.9. The van der Waals surface area contributed by atoms with Crippen LogP contribution in [-0.2, 0) is 17.4 Å². The maximum atomic E-state index is 12.4. The summed E-state index contributed by atoms with van der Waals surface area (Å²) in [6.07, 6.45) is 6.25. The highest BCUT2D eigenvalue weighted by atomic mass is 31.2. The van der Waals surface area contributed by atoms with Crippen LogP contribution in [0.5, 0.6) is 11.5 Å². The van der Waals surface area contributed by atoms with E-state index in [0.717, 1.165) is 36.8 Å². The topological polar surface area (TPSA) is 55.8 Å². The van der Waals surface area contributed by atoms with E-state index >= 15 is 0 Å². The summed E-state index contributed by atoms with van der Waals surface area (Å²) in [5.41, 5.74) is 2.15. The van der Waals surface area contributed by atoms with Gasteiger partial charge in [0.05, 0.1) is 0 Å². The van der Waals surface area contributed by atoms with Crippen molar-refractivity contribution in [3.8, 4) is 11.5 Å². The predicted octanol–water partition coefficient (Wildman–Crippen LogP) is 5.93. The largest absolute Gasteiger partial charge is 0.584 e. The molecule has 1 atom stereocenters. The molecule has 0 spiro atoms. The van der Waals surface area contributed by atoms with E-state index in [1.165, 1.54) is 12.8 Å². The van der Waals surface area contributed by atoms with Gasteiger partial charge in [0.25, 0.3) is 0 Å². The summed E-state index contributed by atoms with van der Waals surface area (Å²) < 4.78 is 23.0. The Morgan fingerprint density at radius 1 is 0.920 bits per heavy atom. The van der Waals surface area contributed by atoms with Gasteiger partial charge in [0.15, 0.2) is 0 Å². The number of benzene rings is 2. The summed E-state index contributed by atoms with van der Waals surface area (Å²) in [5, 5.41) is 0. The number of unbranched alkanes of at least 4 members (excludes halogenated alkanes) is 3. The highest BCUT2D eigenvalue weighted by molar-refractivity contribution is 7.48. The zero-order chi connectivity index (χ0) is 18.1. The third-order valence-electron chi connectivity index (χ3n) is 4.07. The number of phosphoric ester groups is 1. The number of para-hydroxylation sites is 1. The lowest BCUT2D eigenvalue weighted by molar-refractivity contribution is 0.289. The van der Waals surface area contributed by atoms with Crippen LogP contribution in [0, 0.1) is 0 Å². The molecule has 0 aliphatic heterocycles. The fourth-order valence-corrected chi connectivity index (χ4v) is 3.64. The Labute approximate surface area is 150 Å². The van der Waals surface area contributed by atoms with Crippen LogP contribution >= 0.6 is 7.82 Å². The van der Waals surface area contributed by atoms with Crippen molar-refractivity contribution in [3.63, 3.8) is 0 Å². The molecule has 1 N–H and O–H groups in total. The molecule has 1 unspecified atom stereocenters. The Kier molecular flexibility index (Phi) is 7.54. The van der Waals surface area contributed by atoms with Crippen LogP contribution in [-0.4, -0.2) is 4.89 Å². The minimum atomic E-state index is -4.24. The van der Waals surface area contributed by atoms with Gasteiger partial charge in [-0.05, 0) is 48.6 Å². The first-order chi connectivity index (χ1) is 12.1. The standard InChI is InChI=1S/C20H27O4P/c1-3-5-6-10-15-19-17(4-2)12-11-16-20(19)24-25(21,22)23-18-13-8-7-9-14-18/h7-9,11-14,16H,3-6,10,15H2,1-2H3,(H,21,22). The first-order valence-electron chi connectivity index (χ1n) is 8.93. The molecule has 0 heterocycles. The Morgan fingerprint density at radius 2 is 1.68 bits per heavy atom. The van der Waals surface area contributed by atoms with Gasteiger partial charge in [-0.3, -0.25) is 4.89 Å². The molecule has 2 aromatic carbocycles. The fourth-order valence-electron chi connectivity index (χ4n) is 2.80. The van der Waals surface area contributed by atoms with Crippen LogP contribution in [0.3, 0.4) is 0 Å². The SMILES string of the molecule is CCCCCCc1c(CC)cccc1OP(=O)(O)Oc1ccccc1. The van der Waals surface area contributed by atoms with E-state index in [1.54, 1.807) is 30.3 Å². The molecule has 0 bridgehead atoms. The van der Waals surface area contributed by atoms with Crippen molar-refractivity contribution in [2.75, 3.05) is 0 Å². The van der Waals surface area contributed by atoms with E-state index in [0.29, 0.717) is 11.5 Å². The van der Waals surface area contributed by atoms with Gasteiger partial charge in [-0.15, -0.1) is 0 Å². The first-order valence-corrected chi connectivity index (χ1v) is 10.4. The molecule has 0 radical (unpaired) electrons. The minimum absolute atomic E-state index is 0.310. The molecule has 2 rings (SSSR count). The van der Waals surface area contributed by atoms with Gasteiger partial charge in [0.2, 0.25) is 0 Å². The second kappa shape index (κ2) is 9.65. The van der Waals surface area contributed by atoms with E-state index in [2.05, 4.69) is 13.8 Å². The maximum absolute atomic E-state index is 12.4. The molecule has 2 aromatic rings. The normalized spacial score (nSPS) is 13.2. The summed E-state index contributed by atoms with van der Waals surface area (Å²) in [7, 11) is -4.24. The lowest BCUT2D eigenvalue weighted by atomic mass is 9.98. The summed E-state index contributed by atoms with van der Waals surface area (Å²) in [4.78, 5) is 10.1. The van der Waals surface area contributed by atoms with E-state index in [1.807, 2.05) is 18.2 Å². The smallest absolute Gasteiger partial charge is 0.395 e. The Bertz CT molecular complexity index is 700. The van der Waals surface area contributed by atoms with Crippen LogP contribution in [0.4, 0.5) is 0 Å². The molecule has 0 saturated carbocycles. The molecule has 136 valence electrons. The second-order valence-corrected chi connectivity index (χ2v) is 7.32. The van der Waals surface area contributed by atoms with E-state index < -0.39 is 7.82 Å². The number of hydrogen-bond acceptors (Lipinski definition) is 3. The highest BCUT2D eigenvalue weighted by Gasteiger charge is 2.26. The van der Waals surface area contributed by atoms with Gasteiger partial charge in [-0.1, -0.05) is 63.4 Å². The summed E-state index contributed by atoms with van der Waals surface area (Å²) in [5.74, 6) is 0.752. The fraction of sp³-hybridized carbons (Fsp3) is 0.400. The molecule has 4 nitrogen and oxygen atoms in total. The highest BCUT2D eigenvalue weighted by Crippen LogP contribution is 2.45. The van der Waals surface area contributed by atoms with Crippen LogP contribution in [0.25, 0.3) is 0 Å². The van der Waals surface area contributed by atoms with Gasteiger partial charge >= 0.3 is 7.82 Å². The monoisotopic (exact) mass is 362 g/mol. The number of aryl methyl sites for hydroxylation is 1. The van der Waals surface area contributed by atoms with E-state index in [4.69, 9.17) is 9.05 Å². The second-order valence-electron chi connectivity index (χ2n) is 6.02. The van der Waals surface area contributed by atoms with Crippen LogP contribution in [0.15, 0.2) is 48.5 Å². The van der Waals surface area contributed by atoms with Crippen molar-refractivity contribution >= 4 is 7.82 Å². The molecule has 0 aliphatic carbocycles. The number of rotatable bonds is 10. The van der Waals surface area contributed by atoms with E-state index in [-0.39, 0.29) is 0 Å². The Balaban J connectivity index is 2.15. The predicted molar refractivity (Wildman–Crippen MR) is 101 cm³/mol. The maximum Gasteiger partial charge on any atom is 0.584 e. The quantitative estimate of drug-likeness (QED) is 0.420. The van der Waals surface area contributed by atoms with Crippen molar-refractivity contribution in [2.24, 2.45) is 0 Å². The lowest BCUT2D eigenvalue weighted by Gasteiger charge is -2.18. The van der Waals surface area contributed by atoms with Gasteiger partial charge in [0, 0.05) is 0 Å². The van der Waals surface area contributed by atoms with Crippen molar-refractivity contribution in [2.45, 2.75) is 52.4 Å². The van der Waals surface area contributed by atoms with Crippen LogP contribution < -0.4 is 9.05 Å². The third kappa shape index (κ3) is 6.22. The van der Waals surface area contributed by atoms with Gasteiger partial charge < -0.3 is 9.05 Å². The summed E-state index contributed by atoms with van der Waals surface area (Å²) in [6, 6.07) is 14.2. The van der Waals surface area contributed by atoms with Crippen molar-refractivity contribution in [3.05, 3.63) is 59.7 Å². The van der Waals surface area contributed by atoms with E-state index in [9.17, 15) is 9.46 Å². The Hall–Kier alpha value is -1.77. The molecule has 0 aliphatic rings. The number of hydrogen-bond donors (Lipinski definition) is 1. The van der Waals surface area contributed by atoms with Gasteiger partial charge in [-0.25, -0.2) is 4.57 Å². The Morgan fingerprint density at radius 3 is 2.36 bits per heavy atom. The molecular weight excluding hydrogens is 335 g/mol. The molecule has 25 heavy (non-hydrogen) atoms. The van der Waals surface area contributed by atoms with Crippen LogP contribution in [0.1, 0.15) is 50.7 Å². The lowest BCUT2D eigenvalue weighted by Crippen LogP contribution is -2.04. The average molecular weight is 362 g/mol. The zero-order valence-electron chi connectivity index (χ0n) is 15.0. The van der Waals surface area contributed by atoms with Crippen molar-refractivity contribution < 1.29 is 18.5 Å².